The number of hydrogen-bond donors (Lipinski definition) is 0. The van der Waals surface area contributed by atoms with Crippen LogP contribution in [0, 0.1) is 0 Å². The number of ether oxygens (including phenoxy) is 1. The predicted molar refractivity (Wildman–Crippen MR) is 138 cm³/mol. The largest absolute Gasteiger partial charge is 0.462 e. The summed E-state index contributed by atoms with van der Waals surface area (Å²) >= 11 is 1.32. The minimum Gasteiger partial charge on any atom is -0.462 e. The molecule has 0 N–H and O–H groups in total. The second-order valence-electron chi connectivity index (χ2n) is 7.85. The Balaban J connectivity index is 1.56. The molecule has 0 bridgehead atoms. The van der Waals surface area contributed by atoms with Crippen LogP contribution in [0.25, 0.3) is 11.8 Å². The molecule has 7 nitrogen and oxygen atoms in total. The molecule has 8 heteroatoms. The maximum Gasteiger partial charge on any atom is 0.338 e. The fourth-order valence-electron chi connectivity index (χ4n) is 3.44. The van der Waals surface area contributed by atoms with E-state index in [1.807, 2.05) is 43.1 Å². The number of likely N-dealkylation sites (N-methyl/N-ethyl adjacent to an activating group) is 1. The van der Waals surface area contributed by atoms with Gasteiger partial charge in [0.25, 0.3) is 5.91 Å². The zero-order valence-electron chi connectivity index (χ0n) is 19.6. The number of hydrogen-bond acceptors (Lipinski definition) is 6. The van der Waals surface area contributed by atoms with E-state index in [2.05, 4.69) is 34.2 Å². The predicted octanol–water partition coefficient (Wildman–Crippen LogP) is 4.95. The number of amides is 1. The van der Waals surface area contributed by atoms with Crippen molar-refractivity contribution >= 4 is 46.3 Å². The van der Waals surface area contributed by atoms with E-state index >= 15 is 0 Å². The van der Waals surface area contributed by atoms with E-state index in [1.165, 1.54) is 16.7 Å². The van der Waals surface area contributed by atoms with Gasteiger partial charge >= 0.3 is 5.97 Å². The molecular formula is C26H26N4O3S. The molecule has 0 unspecified atom stereocenters. The summed E-state index contributed by atoms with van der Waals surface area (Å²) in [6.45, 7) is 2.09. The Morgan fingerprint density at radius 1 is 1.09 bits per heavy atom. The van der Waals surface area contributed by atoms with Crippen LogP contribution in [0.15, 0.2) is 76.8 Å². The summed E-state index contributed by atoms with van der Waals surface area (Å²) in [5.74, 6) is -0.476. The third-order valence-corrected chi connectivity index (χ3v) is 6.37. The van der Waals surface area contributed by atoms with Gasteiger partial charge in [0, 0.05) is 44.4 Å². The smallest absolute Gasteiger partial charge is 0.338 e. The molecule has 174 valence electrons. The van der Waals surface area contributed by atoms with Crippen molar-refractivity contribution in [2.75, 3.05) is 32.6 Å². The average molecular weight is 475 g/mol. The van der Waals surface area contributed by atoms with Gasteiger partial charge in [0.05, 0.1) is 22.8 Å². The summed E-state index contributed by atoms with van der Waals surface area (Å²) in [6, 6.07) is 19.0. The van der Waals surface area contributed by atoms with E-state index in [0.717, 1.165) is 17.1 Å². The fourth-order valence-corrected chi connectivity index (χ4v) is 4.41. The molecule has 0 aliphatic carbocycles. The van der Waals surface area contributed by atoms with Gasteiger partial charge in [-0.3, -0.25) is 9.69 Å². The van der Waals surface area contributed by atoms with Gasteiger partial charge in [-0.25, -0.2) is 9.79 Å². The van der Waals surface area contributed by atoms with Crippen molar-refractivity contribution in [3.05, 3.63) is 83.0 Å². The lowest BCUT2D eigenvalue weighted by Gasteiger charge is -2.13. The van der Waals surface area contributed by atoms with Crippen LogP contribution in [-0.4, -0.2) is 54.3 Å². The highest BCUT2D eigenvalue weighted by Crippen LogP contribution is 2.33. The Bertz CT molecular complexity index is 1260. The molecule has 0 saturated carbocycles. The number of aliphatic imine (C=N–C) groups is 1. The van der Waals surface area contributed by atoms with Crippen molar-refractivity contribution in [1.29, 1.82) is 0 Å². The van der Waals surface area contributed by atoms with Gasteiger partial charge in [-0.1, -0.05) is 0 Å². The molecule has 4 rings (SSSR count). The van der Waals surface area contributed by atoms with E-state index in [0.29, 0.717) is 27.9 Å². The molecular weight excluding hydrogens is 448 g/mol. The Kier molecular flexibility index (Phi) is 6.88. The highest BCUT2D eigenvalue weighted by atomic mass is 32.2. The Labute approximate surface area is 203 Å². The SMILES string of the molecule is CCOC(=O)c1ccc(N=C2S/C(=C\c3cccn3-c3ccc(N(C)C)cc3)C(=O)N2C)cc1. The number of thioether (sulfide) groups is 1. The van der Waals surface area contributed by atoms with Crippen molar-refractivity contribution < 1.29 is 14.3 Å². The van der Waals surface area contributed by atoms with E-state index in [4.69, 9.17) is 4.74 Å². The highest BCUT2D eigenvalue weighted by Gasteiger charge is 2.30. The van der Waals surface area contributed by atoms with Crippen LogP contribution in [0.1, 0.15) is 23.0 Å². The maximum absolute atomic E-state index is 12.9. The highest BCUT2D eigenvalue weighted by molar-refractivity contribution is 8.18. The second kappa shape index (κ2) is 10.0. The Morgan fingerprint density at radius 3 is 2.44 bits per heavy atom. The normalized spacial score (nSPS) is 15.9. The van der Waals surface area contributed by atoms with Gasteiger partial charge in [0.15, 0.2) is 5.17 Å². The molecule has 0 atom stereocenters. The van der Waals surface area contributed by atoms with Crippen molar-refractivity contribution in [3.8, 4) is 5.69 Å². The number of esters is 1. The lowest BCUT2D eigenvalue weighted by Crippen LogP contribution is -2.23. The first-order chi connectivity index (χ1) is 16.4. The van der Waals surface area contributed by atoms with Crippen molar-refractivity contribution in [1.82, 2.24) is 9.47 Å². The van der Waals surface area contributed by atoms with Crippen molar-refractivity contribution in [2.45, 2.75) is 6.92 Å². The maximum atomic E-state index is 12.9. The quantitative estimate of drug-likeness (QED) is 0.373. The van der Waals surface area contributed by atoms with Crippen LogP contribution >= 0.6 is 11.8 Å². The molecule has 1 aliphatic heterocycles. The first-order valence-electron chi connectivity index (χ1n) is 10.9. The second-order valence-corrected chi connectivity index (χ2v) is 8.86. The van der Waals surface area contributed by atoms with Gasteiger partial charge in [0.1, 0.15) is 0 Å². The number of aromatic nitrogens is 1. The number of anilines is 1. The van der Waals surface area contributed by atoms with Crippen molar-refractivity contribution in [3.63, 3.8) is 0 Å². The first-order valence-corrected chi connectivity index (χ1v) is 11.7. The molecule has 1 aliphatic rings. The summed E-state index contributed by atoms with van der Waals surface area (Å²) < 4.78 is 7.06. The molecule has 1 aromatic heterocycles. The first kappa shape index (κ1) is 23.4. The number of benzene rings is 2. The average Bonchev–Trinajstić information content (AvgIpc) is 3.40. The van der Waals surface area contributed by atoms with Gasteiger partial charge in [-0.2, -0.15) is 0 Å². The third-order valence-electron chi connectivity index (χ3n) is 5.31. The lowest BCUT2D eigenvalue weighted by molar-refractivity contribution is -0.121. The monoisotopic (exact) mass is 474 g/mol. The van der Waals surface area contributed by atoms with Crippen LogP contribution < -0.4 is 4.90 Å². The van der Waals surface area contributed by atoms with Crippen LogP contribution in [0.2, 0.25) is 0 Å². The molecule has 1 saturated heterocycles. The van der Waals surface area contributed by atoms with E-state index in [-0.39, 0.29) is 11.9 Å². The number of amidine groups is 1. The summed E-state index contributed by atoms with van der Waals surface area (Å²) in [4.78, 5) is 33.5. The van der Waals surface area contributed by atoms with Gasteiger partial charge in [-0.05, 0) is 85.4 Å². The van der Waals surface area contributed by atoms with Gasteiger partial charge in [-0.15, -0.1) is 0 Å². The number of carbonyl (C=O) groups excluding carboxylic acids is 2. The van der Waals surface area contributed by atoms with Crippen molar-refractivity contribution in [2.24, 2.45) is 4.99 Å². The van der Waals surface area contributed by atoms with Gasteiger partial charge in [0.2, 0.25) is 0 Å². The number of nitrogens with zero attached hydrogens (tertiary/aromatic N) is 4. The molecule has 3 aromatic rings. The summed E-state index contributed by atoms with van der Waals surface area (Å²) in [5.41, 5.74) is 4.16. The summed E-state index contributed by atoms with van der Waals surface area (Å²) in [6.07, 6.45) is 3.86. The van der Waals surface area contributed by atoms with E-state index < -0.39 is 0 Å². The lowest BCUT2D eigenvalue weighted by atomic mass is 10.2. The topological polar surface area (TPSA) is 67.1 Å². The van der Waals surface area contributed by atoms with E-state index in [1.54, 1.807) is 38.2 Å². The fraction of sp³-hybridized carbons (Fsp3) is 0.192. The summed E-state index contributed by atoms with van der Waals surface area (Å²) in [7, 11) is 5.72. The standard InChI is InChI=1S/C26H26N4O3S/c1-5-33-25(32)18-8-10-19(11-9-18)27-26-29(4)24(31)23(34-26)17-22-7-6-16-30(22)21-14-12-20(13-15-21)28(2)3/h6-17H,5H2,1-4H3/b23-17-,27-26?. The Morgan fingerprint density at radius 2 is 1.79 bits per heavy atom. The third kappa shape index (κ3) is 4.92. The zero-order chi connectivity index (χ0) is 24.2. The molecule has 0 radical (unpaired) electrons. The molecule has 1 fully saturated rings. The van der Waals surface area contributed by atoms with Crippen LogP contribution in [-0.2, 0) is 9.53 Å². The minimum atomic E-state index is -0.367. The molecule has 2 heterocycles. The minimum absolute atomic E-state index is 0.109. The zero-order valence-corrected chi connectivity index (χ0v) is 20.4. The number of carbonyl (C=O) groups is 2. The van der Waals surface area contributed by atoms with Crippen LogP contribution in [0.3, 0.4) is 0 Å². The molecule has 2 aromatic carbocycles. The number of rotatable bonds is 6. The molecule has 1 amide bonds. The molecule has 0 spiro atoms. The van der Waals surface area contributed by atoms with E-state index in [9.17, 15) is 9.59 Å². The van der Waals surface area contributed by atoms with Crippen LogP contribution in [0.4, 0.5) is 11.4 Å². The summed E-state index contributed by atoms with van der Waals surface area (Å²) in [5, 5.41) is 0.577. The van der Waals surface area contributed by atoms with Crippen LogP contribution in [0.5, 0.6) is 0 Å². The van der Waals surface area contributed by atoms with Gasteiger partial charge < -0.3 is 14.2 Å². The molecule has 34 heavy (non-hydrogen) atoms. The Hall–Kier alpha value is -3.78.